The van der Waals surface area contributed by atoms with Crippen molar-refractivity contribution in [2.24, 2.45) is 11.1 Å². The molecule has 0 amide bonds. The van der Waals surface area contributed by atoms with E-state index in [9.17, 15) is 0 Å². The van der Waals surface area contributed by atoms with Gasteiger partial charge in [0.05, 0.1) is 0 Å². The second kappa shape index (κ2) is 6.33. The van der Waals surface area contributed by atoms with Gasteiger partial charge in [0.15, 0.2) is 0 Å². The zero-order valence-electron chi connectivity index (χ0n) is 13.0. The zero-order valence-corrected chi connectivity index (χ0v) is 13.8. The van der Waals surface area contributed by atoms with Crippen LogP contribution < -0.4 is 5.73 Å². The molecule has 2 aliphatic rings. The Morgan fingerprint density at radius 3 is 2.47 bits per heavy atom. The zero-order chi connectivity index (χ0) is 13.9. The Bertz CT molecular complexity index is 289. The molecular weight excluding hydrogens is 254 g/mol. The van der Waals surface area contributed by atoms with Crippen LogP contribution in [-0.4, -0.2) is 66.6 Å². The molecule has 0 saturated carbocycles. The normalized spacial score (nSPS) is 32.1. The molecule has 2 aliphatic heterocycles. The van der Waals surface area contributed by atoms with Gasteiger partial charge in [0.25, 0.3) is 0 Å². The Kier molecular flexibility index (Phi) is 5.21. The van der Waals surface area contributed by atoms with Gasteiger partial charge in [-0.05, 0) is 50.6 Å². The van der Waals surface area contributed by atoms with Crippen molar-refractivity contribution in [2.75, 3.05) is 51.3 Å². The summed E-state index contributed by atoms with van der Waals surface area (Å²) in [5.74, 6) is 2.47. The maximum Gasteiger partial charge on any atom is 0.0424 e. The molecule has 0 aromatic heterocycles. The average molecular weight is 286 g/mol. The number of nitrogens with two attached hydrogens (primary N) is 1. The van der Waals surface area contributed by atoms with Crippen LogP contribution in [0.2, 0.25) is 0 Å². The van der Waals surface area contributed by atoms with E-state index in [1.807, 2.05) is 0 Å². The van der Waals surface area contributed by atoms with Gasteiger partial charge in [-0.2, -0.15) is 11.8 Å². The fraction of sp³-hybridized carbons (Fsp3) is 1.00. The topological polar surface area (TPSA) is 32.5 Å². The van der Waals surface area contributed by atoms with Crippen molar-refractivity contribution in [3.8, 4) is 0 Å². The van der Waals surface area contributed by atoms with Gasteiger partial charge >= 0.3 is 0 Å². The van der Waals surface area contributed by atoms with E-state index in [1.165, 1.54) is 50.4 Å². The maximum absolute atomic E-state index is 6.18. The van der Waals surface area contributed by atoms with Gasteiger partial charge in [-0.1, -0.05) is 13.8 Å². The van der Waals surface area contributed by atoms with Crippen molar-refractivity contribution >= 4 is 11.8 Å². The van der Waals surface area contributed by atoms with Crippen molar-refractivity contribution in [1.29, 1.82) is 0 Å². The van der Waals surface area contributed by atoms with Crippen LogP contribution >= 0.6 is 11.8 Å². The number of nitrogens with zero attached hydrogens (tertiary/aromatic N) is 2. The first-order chi connectivity index (χ1) is 8.97. The van der Waals surface area contributed by atoms with Gasteiger partial charge in [-0.15, -0.1) is 0 Å². The molecule has 4 heteroatoms. The fourth-order valence-corrected chi connectivity index (χ4v) is 5.15. The molecule has 3 nitrogen and oxygen atoms in total. The van der Waals surface area contributed by atoms with E-state index >= 15 is 0 Å². The first-order valence-corrected chi connectivity index (χ1v) is 8.84. The van der Waals surface area contributed by atoms with Crippen LogP contribution in [0.15, 0.2) is 0 Å². The van der Waals surface area contributed by atoms with E-state index in [0.717, 1.165) is 13.1 Å². The minimum absolute atomic E-state index is 0.214. The smallest absolute Gasteiger partial charge is 0.0424 e. The summed E-state index contributed by atoms with van der Waals surface area (Å²) in [4.78, 5) is 5.15. The van der Waals surface area contributed by atoms with Gasteiger partial charge in [-0.3, -0.25) is 4.90 Å². The predicted molar refractivity (Wildman–Crippen MR) is 85.8 cm³/mol. The second-order valence-electron chi connectivity index (χ2n) is 7.23. The van der Waals surface area contributed by atoms with E-state index in [2.05, 4.69) is 42.5 Å². The predicted octanol–water partition coefficient (Wildman–Crippen LogP) is 1.87. The molecule has 1 unspecified atom stereocenters. The van der Waals surface area contributed by atoms with Crippen molar-refractivity contribution in [1.82, 2.24) is 9.80 Å². The van der Waals surface area contributed by atoms with Crippen molar-refractivity contribution < 1.29 is 0 Å². The number of likely N-dealkylation sites (N-methyl/N-ethyl adjacent to an activating group) is 1. The Hall–Kier alpha value is 0.230. The van der Waals surface area contributed by atoms with Crippen LogP contribution in [0.3, 0.4) is 0 Å². The number of thioether (sulfide) groups is 1. The number of likely N-dealkylation sites (tertiary alicyclic amines) is 1. The Morgan fingerprint density at radius 1 is 1.21 bits per heavy atom. The molecule has 0 aliphatic carbocycles. The molecule has 0 aromatic rings. The molecule has 112 valence electrons. The summed E-state index contributed by atoms with van der Waals surface area (Å²) in [6.45, 7) is 10.5. The lowest BCUT2D eigenvalue weighted by molar-refractivity contribution is 0.0846. The molecule has 0 bridgehead atoms. The lowest BCUT2D eigenvalue weighted by Crippen LogP contribution is -2.59. The van der Waals surface area contributed by atoms with Gasteiger partial charge in [0, 0.05) is 30.9 Å². The van der Waals surface area contributed by atoms with Crippen LogP contribution in [0.1, 0.15) is 33.1 Å². The molecule has 1 atom stereocenters. The van der Waals surface area contributed by atoms with Crippen LogP contribution in [0.25, 0.3) is 0 Å². The molecule has 2 rings (SSSR count). The highest BCUT2D eigenvalue weighted by molar-refractivity contribution is 7.99. The highest BCUT2D eigenvalue weighted by Crippen LogP contribution is 2.41. The van der Waals surface area contributed by atoms with Gasteiger partial charge in [0.1, 0.15) is 0 Å². The minimum atomic E-state index is 0.214. The second-order valence-corrected chi connectivity index (χ2v) is 8.22. The third-order valence-corrected chi connectivity index (χ3v) is 6.54. The van der Waals surface area contributed by atoms with Gasteiger partial charge in [0.2, 0.25) is 0 Å². The third-order valence-electron chi connectivity index (χ3n) is 4.81. The summed E-state index contributed by atoms with van der Waals surface area (Å²) in [5, 5.41) is 0. The Morgan fingerprint density at radius 2 is 1.89 bits per heavy atom. The lowest BCUT2D eigenvalue weighted by atomic mass is 9.79. The van der Waals surface area contributed by atoms with Crippen molar-refractivity contribution in [3.05, 3.63) is 0 Å². The highest BCUT2D eigenvalue weighted by Gasteiger charge is 2.42. The summed E-state index contributed by atoms with van der Waals surface area (Å²) in [5.41, 5.74) is 6.81. The average Bonchev–Trinajstić information content (AvgIpc) is 2.87. The Labute approximate surface area is 123 Å². The third kappa shape index (κ3) is 3.87. The van der Waals surface area contributed by atoms with E-state index in [4.69, 9.17) is 5.73 Å². The molecule has 2 N–H and O–H groups in total. The quantitative estimate of drug-likeness (QED) is 0.836. The van der Waals surface area contributed by atoms with Crippen molar-refractivity contribution in [3.63, 3.8) is 0 Å². The molecule has 2 heterocycles. The number of hydrogen-bond acceptors (Lipinski definition) is 4. The first-order valence-electron chi connectivity index (χ1n) is 7.69. The van der Waals surface area contributed by atoms with Crippen LogP contribution in [-0.2, 0) is 0 Å². The maximum atomic E-state index is 6.18. The molecule has 19 heavy (non-hydrogen) atoms. The molecule has 0 spiro atoms. The fourth-order valence-electron chi connectivity index (χ4n) is 3.58. The minimum Gasteiger partial charge on any atom is -0.329 e. The van der Waals surface area contributed by atoms with Crippen molar-refractivity contribution in [2.45, 2.75) is 38.6 Å². The summed E-state index contributed by atoms with van der Waals surface area (Å²) in [7, 11) is 2.28. The Balaban J connectivity index is 1.91. The van der Waals surface area contributed by atoms with Crippen LogP contribution in [0.4, 0.5) is 0 Å². The van der Waals surface area contributed by atoms with E-state index in [-0.39, 0.29) is 5.54 Å². The molecule has 0 radical (unpaired) electrons. The number of rotatable bonds is 5. The summed E-state index contributed by atoms with van der Waals surface area (Å²) in [6.07, 6.45) is 4.00. The summed E-state index contributed by atoms with van der Waals surface area (Å²) in [6, 6.07) is 0. The van der Waals surface area contributed by atoms with Gasteiger partial charge in [-0.25, -0.2) is 0 Å². The lowest BCUT2D eigenvalue weighted by Gasteiger charge is -2.49. The van der Waals surface area contributed by atoms with E-state index < -0.39 is 0 Å². The van der Waals surface area contributed by atoms with Gasteiger partial charge < -0.3 is 10.6 Å². The number of hydrogen-bond donors (Lipinski definition) is 1. The molecule has 2 fully saturated rings. The summed E-state index contributed by atoms with van der Waals surface area (Å²) >= 11 is 2.08. The summed E-state index contributed by atoms with van der Waals surface area (Å²) < 4.78 is 0. The van der Waals surface area contributed by atoms with Crippen LogP contribution in [0, 0.1) is 5.41 Å². The SMILES string of the molecule is CN(CCN1CCCC1)C1(CN)CSCC(C)(C)C1. The molecular formula is C15H31N3S. The molecule has 2 saturated heterocycles. The monoisotopic (exact) mass is 285 g/mol. The van der Waals surface area contributed by atoms with Crippen LogP contribution in [0.5, 0.6) is 0 Å². The highest BCUT2D eigenvalue weighted by atomic mass is 32.2. The largest absolute Gasteiger partial charge is 0.329 e. The molecule has 0 aromatic carbocycles. The van der Waals surface area contributed by atoms with E-state index in [0.29, 0.717) is 5.41 Å². The standard InChI is InChI=1S/C15H31N3S/c1-14(2)10-15(11-16,13-19-12-14)17(3)8-9-18-6-4-5-7-18/h4-13,16H2,1-3H3. The van der Waals surface area contributed by atoms with E-state index in [1.54, 1.807) is 0 Å². The first kappa shape index (κ1) is 15.6.